The van der Waals surface area contributed by atoms with Crippen molar-refractivity contribution in [1.29, 1.82) is 0 Å². The summed E-state index contributed by atoms with van der Waals surface area (Å²) in [6, 6.07) is 5.05. The van der Waals surface area contributed by atoms with Crippen molar-refractivity contribution in [3.63, 3.8) is 0 Å². The third-order valence-corrected chi connectivity index (χ3v) is 2.36. The van der Waals surface area contributed by atoms with E-state index >= 15 is 0 Å². The number of primary amides is 1. The van der Waals surface area contributed by atoms with Crippen LogP contribution in [0.1, 0.15) is 5.56 Å². The Balaban J connectivity index is 2.92. The van der Waals surface area contributed by atoms with Crippen LogP contribution in [0.4, 0.5) is 0 Å². The van der Waals surface area contributed by atoms with Crippen LogP contribution >= 0.6 is 23.2 Å². The third kappa shape index (κ3) is 2.82. The van der Waals surface area contributed by atoms with Crippen molar-refractivity contribution in [2.75, 3.05) is 0 Å². The number of nitrogens with two attached hydrogens (primary N) is 1. The lowest BCUT2D eigenvalue weighted by molar-refractivity contribution is -0.494. The number of carbonyl (C=O) groups is 1. The molecule has 0 aliphatic rings. The first-order valence-corrected chi connectivity index (χ1v) is 4.52. The second-order valence-electron chi connectivity index (χ2n) is 2.50. The van der Waals surface area contributed by atoms with Crippen molar-refractivity contribution < 1.29 is 10.3 Å². The molecule has 1 rings (SSSR count). The van der Waals surface area contributed by atoms with Gasteiger partial charge < -0.3 is 10.7 Å². The summed E-state index contributed by atoms with van der Waals surface area (Å²) >= 11 is 11.6. The second-order valence-corrected chi connectivity index (χ2v) is 3.28. The van der Waals surface area contributed by atoms with E-state index in [1.54, 1.807) is 18.2 Å². The molecule has 0 aromatic heterocycles. The Morgan fingerprint density at radius 1 is 1.43 bits per heavy atom. The van der Waals surface area contributed by atoms with E-state index in [-0.39, 0.29) is 5.48 Å². The maximum atomic E-state index is 10.7. The van der Waals surface area contributed by atoms with Gasteiger partial charge in [-0.1, -0.05) is 35.3 Å². The molecular weight excluding hydrogens is 225 g/mol. The number of halogens is 2. The molecule has 0 saturated carbocycles. The summed E-state index contributed by atoms with van der Waals surface area (Å²) < 4.78 is 0. The van der Waals surface area contributed by atoms with Gasteiger partial charge in [-0.3, -0.25) is 0 Å². The molecule has 0 heterocycles. The molecule has 0 fully saturated rings. The van der Waals surface area contributed by atoms with E-state index in [0.29, 0.717) is 15.6 Å². The SMILES string of the molecule is O=C(/C=C/c1cccc(Cl)c1Cl)[NH2+][O-]. The predicted molar refractivity (Wildman–Crippen MR) is 55.8 cm³/mol. The molecule has 0 atom stereocenters. The van der Waals surface area contributed by atoms with Crippen LogP contribution in [0.5, 0.6) is 0 Å². The standard InChI is InChI=1S/C9H7Cl2NO2/c10-7-3-1-2-6(9(7)11)4-5-8(13)12-14/h1-5H,12H2/b5-4+. The van der Waals surface area contributed by atoms with Crippen molar-refractivity contribution in [3.8, 4) is 0 Å². The van der Waals surface area contributed by atoms with Gasteiger partial charge in [0.15, 0.2) is 0 Å². The van der Waals surface area contributed by atoms with Crippen LogP contribution < -0.4 is 5.48 Å². The smallest absolute Gasteiger partial charge is 0.335 e. The summed E-state index contributed by atoms with van der Waals surface area (Å²) in [4.78, 5) is 10.7. The van der Waals surface area contributed by atoms with Gasteiger partial charge in [0.25, 0.3) is 0 Å². The minimum atomic E-state index is -0.610. The first-order valence-electron chi connectivity index (χ1n) is 3.76. The number of benzene rings is 1. The van der Waals surface area contributed by atoms with Gasteiger partial charge in [0.05, 0.1) is 10.0 Å². The quantitative estimate of drug-likeness (QED) is 0.621. The molecular formula is C9H7Cl2NO2. The van der Waals surface area contributed by atoms with Crippen molar-refractivity contribution in [2.45, 2.75) is 0 Å². The van der Waals surface area contributed by atoms with Gasteiger partial charge in [0.2, 0.25) is 0 Å². The van der Waals surface area contributed by atoms with Crippen LogP contribution in [-0.2, 0) is 4.79 Å². The molecule has 0 radical (unpaired) electrons. The second kappa shape index (κ2) is 5.12. The first-order chi connectivity index (χ1) is 6.65. The molecule has 0 bridgehead atoms. The lowest BCUT2D eigenvalue weighted by Crippen LogP contribution is -2.81. The van der Waals surface area contributed by atoms with E-state index in [2.05, 4.69) is 0 Å². The first kappa shape index (κ1) is 11.2. The average Bonchev–Trinajstić information content (AvgIpc) is 2.20. The average molecular weight is 232 g/mol. The molecule has 14 heavy (non-hydrogen) atoms. The molecule has 0 saturated heterocycles. The van der Waals surface area contributed by atoms with E-state index in [1.807, 2.05) is 0 Å². The fourth-order valence-electron chi connectivity index (χ4n) is 0.860. The fraction of sp³-hybridized carbons (Fsp3) is 0. The molecule has 1 aromatic carbocycles. The van der Waals surface area contributed by atoms with Gasteiger partial charge in [0.1, 0.15) is 0 Å². The minimum absolute atomic E-state index is 0.231. The van der Waals surface area contributed by atoms with Crippen molar-refractivity contribution >= 4 is 35.2 Å². The Bertz CT molecular complexity index is 377. The zero-order chi connectivity index (χ0) is 10.6. The number of carbonyl (C=O) groups excluding carboxylic acids is 1. The lowest BCUT2D eigenvalue weighted by atomic mass is 10.2. The van der Waals surface area contributed by atoms with Gasteiger partial charge in [-0.25, -0.2) is 4.79 Å². The molecule has 0 spiro atoms. The summed E-state index contributed by atoms with van der Waals surface area (Å²) in [5.74, 6) is -0.610. The van der Waals surface area contributed by atoms with E-state index < -0.39 is 5.91 Å². The van der Waals surface area contributed by atoms with Crippen LogP contribution in [0.15, 0.2) is 24.3 Å². The topological polar surface area (TPSA) is 56.7 Å². The maximum Gasteiger partial charge on any atom is 0.335 e. The van der Waals surface area contributed by atoms with Crippen LogP contribution in [-0.4, -0.2) is 5.91 Å². The maximum absolute atomic E-state index is 10.7. The molecule has 3 nitrogen and oxygen atoms in total. The van der Waals surface area contributed by atoms with Gasteiger partial charge >= 0.3 is 5.91 Å². The Hall–Kier alpha value is -0.870. The van der Waals surface area contributed by atoms with E-state index in [0.717, 1.165) is 6.08 Å². The van der Waals surface area contributed by atoms with Crippen LogP contribution in [0.25, 0.3) is 6.08 Å². The summed E-state index contributed by atoms with van der Waals surface area (Å²) in [7, 11) is 0. The number of amides is 1. The van der Waals surface area contributed by atoms with Crippen molar-refractivity contribution in [2.24, 2.45) is 0 Å². The Labute approximate surface area is 90.9 Å². The van der Waals surface area contributed by atoms with Crippen LogP contribution in [0.2, 0.25) is 10.0 Å². The van der Waals surface area contributed by atoms with Crippen molar-refractivity contribution in [1.82, 2.24) is 0 Å². The summed E-state index contributed by atoms with van der Waals surface area (Å²) in [5, 5.41) is 10.8. The zero-order valence-corrected chi connectivity index (χ0v) is 8.55. The van der Waals surface area contributed by atoms with Gasteiger partial charge in [-0.2, -0.15) is 0 Å². The lowest BCUT2D eigenvalue weighted by Gasteiger charge is -1.99. The van der Waals surface area contributed by atoms with E-state index in [4.69, 9.17) is 23.2 Å². The normalized spacial score (nSPS) is 10.8. The highest BCUT2D eigenvalue weighted by Crippen LogP contribution is 2.26. The molecule has 0 aliphatic carbocycles. The largest absolute Gasteiger partial charge is 0.628 e. The van der Waals surface area contributed by atoms with E-state index in [9.17, 15) is 10.0 Å². The predicted octanol–water partition coefficient (Wildman–Crippen LogP) is 1.59. The van der Waals surface area contributed by atoms with Crippen LogP contribution in [0, 0.1) is 5.21 Å². The molecule has 5 heteroatoms. The van der Waals surface area contributed by atoms with Gasteiger partial charge in [0, 0.05) is 6.08 Å². The fourth-order valence-corrected chi connectivity index (χ4v) is 1.23. The Morgan fingerprint density at radius 2 is 2.14 bits per heavy atom. The molecule has 0 unspecified atom stereocenters. The van der Waals surface area contributed by atoms with Crippen LogP contribution in [0.3, 0.4) is 0 Å². The Kier molecular flexibility index (Phi) is 4.10. The van der Waals surface area contributed by atoms with E-state index in [1.165, 1.54) is 6.08 Å². The number of hydrogen-bond donors (Lipinski definition) is 1. The van der Waals surface area contributed by atoms with Gasteiger partial charge in [-0.15, -0.1) is 0 Å². The molecule has 74 valence electrons. The summed E-state index contributed by atoms with van der Waals surface area (Å²) in [6.07, 6.45) is 2.59. The van der Waals surface area contributed by atoms with Gasteiger partial charge in [-0.05, 0) is 17.7 Å². The number of hydrogen-bond acceptors (Lipinski definition) is 2. The zero-order valence-electron chi connectivity index (χ0n) is 7.04. The number of quaternary nitrogens is 1. The molecule has 2 N–H and O–H groups in total. The highest BCUT2D eigenvalue weighted by Gasteiger charge is 2.01. The highest BCUT2D eigenvalue weighted by molar-refractivity contribution is 6.42. The monoisotopic (exact) mass is 231 g/mol. The molecule has 0 aliphatic heterocycles. The molecule has 1 aromatic rings. The third-order valence-electron chi connectivity index (χ3n) is 1.52. The molecule has 1 amide bonds. The summed E-state index contributed by atoms with van der Waals surface area (Å²) in [6.45, 7) is 0. The summed E-state index contributed by atoms with van der Waals surface area (Å²) in [5.41, 5.74) is 0.837. The number of hydroxylamine groups is 1. The highest BCUT2D eigenvalue weighted by atomic mass is 35.5. The Morgan fingerprint density at radius 3 is 2.79 bits per heavy atom. The number of rotatable bonds is 2. The minimum Gasteiger partial charge on any atom is -0.628 e. The van der Waals surface area contributed by atoms with Crippen molar-refractivity contribution in [3.05, 3.63) is 45.1 Å².